The van der Waals surface area contributed by atoms with E-state index in [9.17, 15) is 14.0 Å². The Morgan fingerprint density at radius 1 is 1.27 bits per heavy atom. The molecule has 26 heavy (non-hydrogen) atoms. The van der Waals surface area contributed by atoms with Crippen LogP contribution in [-0.4, -0.2) is 18.9 Å². The number of benzene rings is 2. The molecule has 0 radical (unpaired) electrons. The van der Waals surface area contributed by atoms with Crippen LogP contribution in [0, 0.1) is 12.7 Å². The second-order valence-corrected chi connectivity index (χ2v) is 6.11. The molecule has 0 saturated carbocycles. The Morgan fingerprint density at radius 3 is 2.81 bits per heavy atom. The topological polar surface area (TPSA) is 67.4 Å². The first-order chi connectivity index (χ1) is 12.5. The smallest absolute Gasteiger partial charge is 0.253 e. The summed E-state index contributed by atoms with van der Waals surface area (Å²) in [5.41, 5.74) is 2.45. The maximum absolute atomic E-state index is 13.6. The maximum Gasteiger partial charge on any atom is 0.253 e. The van der Waals surface area contributed by atoms with Crippen molar-refractivity contribution in [3.63, 3.8) is 0 Å². The summed E-state index contributed by atoms with van der Waals surface area (Å²) < 4.78 is 18.8. The molecule has 1 aliphatic rings. The maximum atomic E-state index is 13.6. The molecule has 0 saturated heterocycles. The summed E-state index contributed by atoms with van der Waals surface area (Å²) in [6.45, 7) is 1.87. The Bertz CT molecular complexity index is 892. The van der Waals surface area contributed by atoms with E-state index in [2.05, 4.69) is 10.6 Å². The lowest BCUT2D eigenvalue weighted by atomic mass is 9.86. The van der Waals surface area contributed by atoms with Crippen molar-refractivity contribution in [3.8, 4) is 5.75 Å². The van der Waals surface area contributed by atoms with Crippen LogP contribution >= 0.6 is 0 Å². The summed E-state index contributed by atoms with van der Waals surface area (Å²) in [4.78, 5) is 24.6. The largest absolute Gasteiger partial charge is 0.497 e. The van der Waals surface area contributed by atoms with E-state index < -0.39 is 11.7 Å². The third-order valence-electron chi connectivity index (χ3n) is 4.36. The first kappa shape index (κ1) is 17.7. The van der Waals surface area contributed by atoms with Gasteiger partial charge in [0.05, 0.1) is 7.11 Å². The average molecular weight is 354 g/mol. The van der Waals surface area contributed by atoms with Crippen LogP contribution in [-0.2, 0) is 9.59 Å². The van der Waals surface area contributed by atoms with Gasteiger partial charge in [-0.1, -0.05) is 18.2 Å². The van der Waals surface area contributed by atoms with Gasteiger partial charge >= 0.3 is 0 Å². The molecule has 0 fully saturated rings. The van der Waals surface area contributed by atoms with Crippen molar-refractivity contribution in [2.45, 2.75) is 19.3 Å². The molecular formula is C20H19FN2O3. The number of carbonyl (C=O) groups is 2. The normalized spacial score (nSPS) is 16.5. The number of carbonyl (C=O) groups excluding carboxylic acids is 2. The summed E-state index contributed by atoms with van der Waals surface area (Å²) in [7, 11) is 1.55. The molecule has 134 valence electrons. The quantitative estimate of drug-likeness (QED) is 0.886. The Morgan fingerprint density at radius 2 is 2.08 bits per heavy atom. The monoisotopic (exact) mass is 354 g/mol. The van der Waals surface area contributed by atoms with Crippen LogP contribution in [0.25, 0.3) is 0 Å². The van der Waals surface area contributed by atoms with Gasteiger partial charge in [-0.25, -0.2) is 4.39 Å². The number of ether oxygens (including phenoxy) is 1. The zero-order valence-corrected chi connectivity index (χ0v) is 14.5. The summed E-state index contributed by atoms with van der Waals surface area (Å²) in [6.07, 6.45) is 1.48. The molecule has 1 unspecified atom stereocenters. The molecule has 5 nitrogen and oxygen atoms in total. The van der Waals surface area contributed by atoms with Crippen LogP contribution in [0.3, 0.4) is 0 Å². The number of nitrogens with one attached hydrogen (secondary N) is 2. The van der Waals surface area contributed by atoms with Crippen molar-refractivity contribution < 1.29 is 18.7 Å². The number of halogens is 1. The number of rotatable bonds is 4. The minimum Gasteiger partial charge on any atom is -0.497 e. The number of methoxy groups -OCH3 is 1. The van der Waals surface area contributed by atoms with Crippen molar-refractivity contribution in [2.24, 2.45) is 0 Å². The highest BCUT2D eigenvalue weighted by atomic mass is 19.1. The summed E-state index contributed by atoms with van der Waals surface area (Å²) in [5, 5.41) is 5.42. The first-order valence-electron chi connectivity index (χ1n) is 8.19. The number of hydrogen-bond donors (Lipinski definition) is 2. The van der Waals surface area contributed by atoms with Crippen LogP contribution < -0.4 is 15.4 Å². The molecule has 0 aliphatic carbocycles. The molecule has 2 aromatic rings. The molecule has 1 aliphatic heterocycles. The van der Waals surface area contributed by atoms with Gasteiger partial charge < -0.3 is 15.4 Å². The van der Waals surface area contributed by atoms with Crippen LogP contribution in [0.15, 0.2) is 54.2 Å². The third kappa shape index (κ3) is 3.74. The Hall–Kier alpha value is -3.15. The number of hydrogen-bond acceptors (Lipinski definition) is 3. The highest BCUT2D eigenvalue weighted by molar-refractivity contribution is 6.06. The van der Waals surface area contributed by atoms with Crippen LogP contribution in [0.5, 0.6) is 5.75 Å². The minimum absolute atomic E-state index is 0.0831. The van der Waals surface area contributed by atoms with Gasteiger partial charge in [-0.05, 0) is 36.2 Å². The summed E-state index contributed by atoms with van der Waals surface area (Å²) in [5.74, 6) is -0.857. The highest BCUT2D eigenvalue weighted by Gasteiger charge is 2.29. The van der Waals surface area contributed by atoms with Crippen molar-refractivity contribution in [1.29, 1.82) is 0 Å². The van der Waals surface area contributed by atoms with E-state index in [1.807, 2.05) is 13.0 Å². The molecule has 1 heterocycles. The number of anilines is 1. The second-order valence-electron chi connectivity index (χ2n) is 6.11. The van der Waals surface area contributed by atoms with Gasteiger partial charge in [-0.3, -0.25) is 9.59 Å². The molecule has 0 spiro atoms. The molecule has 0 aromatic heterocycles. The van der Waals surface area contributed by atoms with E-state index in [4.69, 9.17) is 4.74 Å². The zero-order chi connectivity index (χ0) is 18.7. The summed E-state index contributed by atoms with van der Waals surface area (Å²) in [6, 6.07) is 11.3. The zero-order valence-electron chi connectivity index (χ0n) is 14.5. The molecular weight excluding hydrogens is 335 g/mol. The second kappa shape index (κ2) is 7.39. The van der Waals surface area contributed by atoms with Crippen molar-refractivity contribution in [3.05, 3.63) is 71.2 Å². The van der Waals surface area contributed by atoms with Gasteiger partial charge in [0.1, 0.15) is 11.6 Å². The van der Waals surface area contributed by atoms with Gasteiger partial charge in [0.2, 0.25) is 5.91 Å². The average Bonchev–Trinajstić information content (AvgIpc) is 2.63. The van der Waals surface area contributed by atoms with E-state index in [-0.39, 0.29) is 18.2 Å². The lowest BCUT2D eigenvalue weighted by molar-refractivity contribution is -0.121. The van der Waals surface area contributed by atoms with Crippen LogP contribution in [0.4, 0.5) is 10.1 Å². The van der Waals surface area contributed by atoms with E-state index in [1.54, 1.807) is 31.4 Å². The Labute approximate surface area is 150 Å². The first-order valence-corrected chi connectivity index (χ1v) is 8.19. The van der Waals surface area contributed by atoms with Gasteiger partial charge in [-0.2, -0.15) is 0 Å². The van der Waals surface area contributed by atoms with E-state index in [1.165, 1.54) is 18.3 Å². The molecule has 1 atom stereocenters. The fourth-order valence-corrected chi connectivity index (χ4v) is 2.91. The molecule has 2 N–H and O–H groups in total. The lowest BCUT2D eigenvalue weighted by Gasteiger charge is -2.24. The van der Waals surface area contributed by atoms with Crippen molar-refractivity contribution >= 4 is 17.5 Å². The highest BCUT2D eigenvalue weighted by Crippen LogP contribution is 2.32. The summed E-state index contributed by atoms with van der Waals surface area (Å²) >= 11 is 0. The molecule has 0 bridgehead atoms. The SMILES string of the molecule is COc1ccc(C)c(NC(=O)C2=CNC(=O)CC2c2cccc(F)c2)c1. The molecule has 2 amide bonds. The van der Waals surface area contributed by atoms with E-state index in [0.29, 0.717) is 22.6 Å². The van der Waals surface area contributed by atoms with Crippen molar-refractivity contribution in [1.82, 2.24) is 5.32 Å². The number of aryl methyl sites for hydroxylation is 1. The molecule has 6 heteroatoms. The predicted molar refractivity (Wildman–Crippen MR) is 96.3 cm³/mol. The number of amides is 2. The standard InChI is InChI=1S/C20H19FN2O3/c1-12-6-7-15(26-2)9-18(12)23-20(25)17-11-22-19(24)10-16(17)13-4-3-5-14(21)8-13/h3-9,11,16H,10H2,1-2H3,(H,22,24)(H,23,25). The van der Waals surface area contributed by atoms with Gasteiger partial charge in [0.25, 0.3) is 5.91 Å². The Kier molecular flexibility index (Phi) is 5.02. The van der Waals surface area contributed by atoms with Gasteiger partial charge in [0, 0.05) is 35.9 Å². The van der Waals surface area contributed by atoms with Gasteiger partial charge in [-0.15, -0.1) is 0 Å². The fraction of sp³-hybridized carbons (Fsp3) is 0.200. The van der Waals surface area contributed by atoms with Crippen LogP contribution in [0.1, 0.15) is 23.5 Å². The lowest BCUT2D eigenvalue weighted by Crippen LogP contribution is -2.32. The predicted octanol–water partition coefficient (Wildman–Crippen LogP) is 3.27. The van der Waals surface area contributed by atoms with Gasteiger partial charge in [0.15, 0.2) is 0 Å². The molecule has 3 rings (SSSR count). The minimum atomic E-state index is -0.509. The van der Waals surface area contributed by atoms with E-state index in [0.717, 1.165) is 5.56 Å². The van der Waals surface area contributed by atoms with E-state index >= 15 is 0 Å². The third-order valence-corrected chi connectivity index (χ3v) is 4.36. The molecule has 2 aromatic carbocycles. The Balaban J connectivity index is 1.90. The fourth-order valence-electron chi connectivity index (χ4n) is 2.91. The van der Waals surface area contributed by atoms with Crippen LogP contribution in [0.2, 0.25) is 0 Å². The van der Waals surface area contributed by atoms with Crippen molar-refractivity contribution in [2.75, 3.05) is 12.4 Å².